The molecule has 41 heavy (non-hydrogen) atoms. The van der Waals surface area contributed by atoms with Crippen LogP contribution in [0.25, 0.3) is 33.9 Å². The molecule has 1 fully saturated rings. The average molecular weight is 560 g/mol. The fourth-order valence-electron chi connectivity index (χ4n) is 6.11. The van der Waals surface area contributed by atoms with E-state index in [1.54, 1.807) is 30.5 Å². The zero-order valence-corrected chi connectivity index (χ0v) is 21.7. The number of nitrogens with zero attached hydrogens (tertiary/aromatic N) is 6. The van der Waals surface area contributed by atoms with Crippen LogP contribution in [0.5, 0.6) is 5.75 Å². The molecule has 7 rings (SSSR count). The second-order valence-electron chi connectivity index (χ2n) is 10.3. The molecule has 0 radical (unpaired) electrons. The van der Waals surface area contributed by atoms with Crippen LogP contribution < -0.4 is 4.74 Å². The van der Waals surface area contributed by atoms with Crippen LogP contribution in [0.15, 0.2) is 61.1 Å². The molecular formula is C29H24F3N7O2. The molecule has 1 N–H and O–H groups in total. The minimum Gasteiger partial charge on any atom is -0.434 e. The fourth-order valence-corrected chi connectivity index (χ4v) is 6.11. The summed E-state index contributed by atoms with van der Waals surface area (Å²) < 4.78 is 47.5. The number of aromatic nitrogens is 6. The number of ether oxygens (including phenoxy) is 1. The van der Waals surface area contributed by atoms with Gasteiger partial charge in [0.1, 0.15) is 34.9 Å². The molecule has 9 nitrogen and oxygen atoms in total. The number of alkyl halides is 2. The van der Waals surface area contributed by atoms with Gasteiger partial charge in [-0.05, 0) is 61.6 Å². The lowest BCUT2D eigenvalue weighted by atomic mass is 9.89. The monoisotopic (exact) mass is 559 g/mol. The van der Waals surface area contributed by atoms with Crippen molar-refractivity contribution in [2.24, 2.45) is 0 Å². The van der Waals surface area contributed by atoms with Crippen LogP contribution in [0.3, 0.4) is 0 Å². The van der Waals surface area contributed by atoms with Gasteiger partial charge in [-0.15, -0.1) is 0 Å². The number of aromatic amines is 1. The third-order valence-electron chi connectivity index (χ3n) is 7.91. The highest BCUT2D eigenvalue weighted by molar-refractivity contribution is 5.98. The van der Waals surface area contributed by atoms with Gasteiger partial charge >= 0.3 is 6.61 Å². The minimum atomic E-state index is -3.00. The fraction of sp³-hybridized carbons (Fsp3) is 0.276. The third kappa shape index (κ3) is 4.48. The summed E-state index contributed by atoms with van der Waals surface area (Å²) in [6.45, 7) is -2.58. The largest absolute Gasteiger partial charge is 0.434 e. The Labute approximate surface area is 232 Å². The van der Waals surface area contributed by atoms with E-state index >= 15 is 0 Å². The summed E-state index contributed by atoms with van der Waals surface area (Å²) in [5, 5.41) is 6.74. The van der Waals surface area contributed by atoms with Crippen molar-refractivity contribution in [3.8, 4) is 28.7 Å². The maximum atomic E-state index is 13.9. The number of fused-ring (bicyclic) bond motifs is 2. The number of carbonyl (C=O) groups is 1. The third-order valence-corrected chi connectivity index (χ3v) is 7.91. The number of halogens is 3. The Balaban J connectivity index is 1.32. The zero-order valence-electron chi connectivity index (χ0n) is 21.7. The van der Waals surface area contributed by atoms with Crippen molar-refractivity contribution < 1.29 is 22.7 Å². The molecule has 1 saturated carbocycles. The number of hydrogen-bond acceptors (Lipinski definition) is 6. The van der Waals surface area contributed by atoms with Gasteiger partial charge in [-0.25, -0.2) is 14.4 Å². The van der Waals surface area contributed by atoms with Crippen LogP contribution >= 0.6 is 0 Å². The molecule has 4 heterocycles. The molecule has 5 aromatic rings. The number of carbonyl (C=O) groups excluding carboxylic acids is 1. The number of amides is 1. The summed E-state index contributed by atoms with van der Waals surface area (Å²) in [7, 11) is 0. The normalized spacial score (nSPS) is 18.8. The summed E-state index contributed by atoms with van der Waals surface area (Å²) in [6, 6.07) is 12.6. The van der Waals surface area contributed by atoms with Gasteiger partial charge < -0.3 is 14.2 Å². The standard InChI is InChI=1S/C29H24F3N7O2/c30-17-9-8-16-14-38(28(40)21(16)10-17)18-4-3-5-19(11-18)39-24-12-22(26-34-15-35-37-26)33-13-23(24)36-27(39)20-6-1-2-7-25(20)41-29(31)32/h1-2,6-10,12-13,15,18-19,29H,3-5,11,14H2,(H,34,35,37). The molecule has 0 saturated heterocycles. The van der Waals surface area contributed by atoms with Gasteiger partial charge in [-0.1, -0.05) is 18.2 Å². The number of nitrogens with one attached hydrogen (secondary N) is 1. The summed E-state index contributed by atoms with van der Waals surface area (Å²) in [4.78, 5) is 28.7. The van der Waals surface area contributed by atoms with E-state index in [1.165, 1.54) is 24.5 Å². The molecule has 0 spiro atoms. The van der Waals surface area contributed by atoms with Gasteiger partial charge in [-0.2, -0.15) is 13.9 Å². The second kappa shape index (κ2) is 10.0. The van der Waals surface area contributed by atoms with Gasteiger partial charge in [0, 0.05) is 24.2 Å². The van der Waals surface area contributed by atoms with E-state index in [0.717, 1.165) is 30.3 Å². The molecular weight excluding hydrogens is 535 g/mol. The Morgan fingerprint density at radius 3 is 2.71 bits per heavy atom. The first kappa shape index (κ1) is 25.2. The highest BCUT2D eigenvalue weighted by Gasteiger charge is 2.37. The van der Waals surface area contributed by atoms with Crippen molar-refractivity contribution in [1.82, 2.24) is 34.6 Å². The SMILES string of the molecule is O=C1c2cc(F)ccc2CN1C1CCCC(n2c(-c3ccccc3OC(F)F)nc3cnc(-c4ncn[nH]4)cc32)C1. The first-order valence-corrected chi connectivity index (χ1v) is 13.3. The Morgan fingerprint density at radius 2 is 1.88 bits per heavy atom. The molecule has 2 atom stereocenters. The van der Waals surface area contributed by atoms with Crippen LogP contribution in [0.2, 0.25) is 0 Å². The maximum Gasteiger partial charge on any atom is 0.387 e. The molecule has 12 heteroatoms. The summed E-state index contributed by atoms with van der Waals surface area (Å²) in [5.41, 5.74) is 3.52. The van der Waals surface area contributed by atoms with E-state index in [9.17, 15) is 18.0 Å². The van der Waals surface area contributed by atoms with Crippen molar-refractivity contribution in [2.45, 2.75) is 50.9 Å². The molecule has 2 unspecified atom stereocenters. The van der Waals surface area contributed by atoms with Crippen LogP contribution in [0, 0.1) is 5.82 Å². The Kier molecular flexibility index (Phi) is 6.17. The van der Waals surface area contributed by atoms with Crippen molar-refractivity contribution >= 4 is 16.9 Å². The first-order chi connectivity index (χ1) is 20.0. The van der Waals surface area contributed by atoms with Gasteiger partial charge in [0.2, 0.25) is 0 Å². The minimum absolute atomic E-state index is 0.0158. The average Bonchev–Trinajstić information content (AvgIpc) is 3.71. The van der Waals surface area contributed by atoms with Crippen molar-refractivity contribution in [2.75, 3.05) is 0 Å². The number of imidazole rings is 1. The lowest BCUT2D eigenvalue weighted by Gasteiger charge is -2.36. The van der Waals surface area contributed by atoms with Crippen LogP contribution in [0.4, 0.5) is 13.2 Å². The van der Waals surface area contributed by atoms with E-state index in [2.05, 4.69) is 20.2 Å². The van der Waals surface area contributed by atoms with Crippen LogP contribution in [0.1, 0.15) is 47.6 Å². The summed E-state index contributed by atoms with van der Waals surface area (Å²) >= 11 is 0. The van der Waals surface area contributed by atoms with Crippen molar-refractivity contribution in [1.29, 1.82) is 0 Å². The number of benzene rings is 2. The smallest absolute Gasteiger partial charge is 0.387 e. The van der Waals surface area contributed by atoms with E-state index in [0.29, 0.717) is 47.0 Å². The number of para-hydroxylation sites is 1. The molecule has 1 aliphatic heterocycles. The highest BCUT2D eigenvalue weighted by atomic mass is 19.3. The number of H-pyrrole nitrogens is 1. The van der Waals surface area contributed by atoms with Crippen molar-refractivity contribution in [3.05, 3.63) is 78.0 Å². The first-order valence-electron chi connectivity index (χ1n) is 13.3. The lowest BCUT2D eigenvalue weighted by molar-refractivity contribution is -0.0494. The molecule has 208 valence electrons. The summed E-state index contributed by atoms with van der Waals surface area (Å²) in [5.74, 6) is 0.361. The van der Waals surface area contributed by atoms with E-state index in [4.69, 9.17) is 9.72 Å². The number of hydrogen-bond donors (Lipinski definition) is 1. The maximum absolute atomic E-state index is 13.9. The quantitative estimate of drug-likeness (QED) is 0.284. The van der Waals surface area contributed by atoms with E-state index < -0.39 is 12.4 Å². The Bertz CT molecular complexity index is 1750. The van der Waals surface area contributed by atoms with E-state index in [-0.39, 0.29) is 23.7 Å². The predicted molar refractivity (Wildman–Crippen MR) is 143 cm³/mol. The van der Waals surface area contributed by atoms with Gasteiger partial charge in [0.15, 0.2) is 5.82 Å². The van der Waals surface area contributed by atoms with Gasteiger partial charge in [0.05, 0.1) is 17.3 Å². The summed E-state index contributed by atoms with van der Waals surface area (Å²) in [6.07, 6.45) is 6.05. The second-order valence-corrected chi connectivity index (χ2v) is 10.3. The van der Waals surface area contributed by atoms with Crippen molar-refractivity contribution in [3.63, 3.8) is 0 Å². The zero-order chi connectivity index (χ0) is 28.1. The Hall–Kier alpha value is -4.74. The van der Waals surface area contributed by atoms with Crippen LogP contribution in [-0.2, 0) is 6.54 Å². The molecule has 1 amide bonds. The van der Waals surface area contributed by atoms with Gasteiger partial charge in [-0.3, -0.25) is 14.9 Å². The molecule has 0 bridgehead atoms. The number of rotatable bonds is 6. The lowest BCUT2D eigenvalue weighted by Crippen LogP contribution is -2.39. The van der Waals surface area contributed by atoms with E-state index in [1.807, 2.05) is 15.5 Å². The molecule has 1 aliphatic carbocycles. The molecule has 2 aliphatic rings. The number of pyridine rings is 1. The Morgan fingerprint density at radius 1 is 1.02 bits per heavy atom. The molecule has 2 aromatic carbocycles. The predicted octanol–water partition coefficient (Wildman–Crippen LogP) is 5.76. The topological polar surface area (TPSA) is 102 Å². The van der Waals surface area contributed by atoms with Crippen LogP contribution in [-0.4, -0.2) is 53.2 Å². The highest BCUT2D eigenvalue weighted by Crippen LogP contribution is 2.41. The molecule has 3 aromatic heterocycles. The van der Waals surface area contributed by atoms with Gasteiger partial charge in [0.25, 0.3) is 5.91 Å².